The van der Waals surface area contributed by atoms with E-state index in [4.69, 9.17) is 14.5 Å². The molecule has 1 aromatic heterocycles. The van der Waals surface area contributed by atoms with Crippen molar-refractivity contribution in [2.24, 2.45) is 0 Å². The first-order chi connectivity index (χ1) is 15.3. The molecule has 2 aromatic carbocycles. The van der Waals surface area contributed by atoms with Gasteiger partial charge in [0.15, 0.2) is 16.6 Å². The van der Waals surface area contributed by atoms with Crippen LogP contribution in [0, 0.1) is 13.8 Å². The van der Waals surface area contributed by atoms with Crippen LogP contribution in [0.2, 0.25) is 0 Å². The van der Waals surface area contributed by atoms with Gasteiger partial charge in [-0.1, -0.05) is 23.5 Å². The highest BCUT2D eigenvalue weighted by Crippen LogP contribution is 2.32. The third-order valence-corrected chi connectivity index (χ3v) is 6.43. The third kappa shape index (κ3) is 5.47. The maximum atomic E-state index is 13.2. The average Bonchev–Trinajstić information content (AvgIpc) is 3.21. The quantitative estimate of drug-likeness (QED) is 0.430. The van der Waals surface area contributed by atoms with Crippen molar-refractivity contribution in [3.8, 4) is 11.5 Å². The smallest absolute Gasteiger partial charge is 0.252 e. The number of ether oxygens (including phenoxy) is 2. The SMILES string of the molecule is COc1ccc(/C=C/C(=O)N(CCCN(C)C)c2nc3c(C)c(C)ccc3s2)cc1OC. The fourth-order valence-corrected chi connectivity index (χ4v) is 4.45. The minimum Gasteiger partial charge on any atom is -0.493 e. The van der Waals surface area contributed by atoms with E-state index >= 15 is 0 Å². The molecular weight excluding hydrogens is 422 g/mol. The number of rotatable bonds is 9. The highest BCUT2D eigenvalue weighted by Gasteiger charge is 2.19. The summed E-state index contributed by atoms with van der Waals surface area (Å²) in [5.74, 6) is 1.19. The van der Waals surface area contributed by atoms with Crippen LogP contribution in [-0.2, 0) is 4.79 Å². The molecule has 7 heteroatoms. The summed E-state index contributed by atoms with van der Waals surface area (Å²) < 4.78 is 11.7. The van der Waals surface area contributed by atoms with Crippen LogP contribution in [0.4, 0.5) is 5.13 Å². The lowest BCUT2D eigenvalue weighted by Gasteiger charge is -2.19. The van der Waals surface area contributed by atoms with Crippen LogP contribution in [-0.4, -0.2) is 57.2 Å². The van der Waals surface area contributed by atoms with Crippen molar-refractivity contribution in [2.75, 3.05) is 46.3 Å². The summed E-state index contributed by atoms with van der Waals surface area (Å²) in [6, 6.07) is 9.76. The number of hydrogen-bond acceptors (Lipinski definition) is 6. The first-order valence-corrected chi connectivity index (χ1v) is 11.4. The number of hydrogen-bond donors (Lipinski definition) is 0. The molecule has 0 aliphatic heterocycles. The van der Waals surface area contributed by atoms with E-state index in [-0.39, 0.29) is 5.91 Å². The van der Waals surface area contributed by atoms with E-state index in [1.807, 2.05) is 32.3 Å². The van der Waals surface area contributed by atoms with Crippen molar-refractivity contribution in [1.29, 1.82) is 0 Å². The zero-order chi connectivity index (χ0) is 23.3. The van der Waals surface area contributed by atoms with E-state index < -0.39 is 0 Å². The number of nitrogens with zero attached hydrogens (tertiary/aromatic N) is 3. The maximum Gasteiger partial charge on any atom is 0.252 e. The standard InChI is InChI=1S/C25H31N3O3S/c1-17-8-12-22-24(18(17)2)26-25(32-22)28(15-7-14-27(3)4)23(29)13-10-19-9-11-20(30-5)21(16-19)31-6/h8-13,16H,7,14-15H2,1-6H3/b13-10+. The Balaban J connectivity index is 1.89. The number of aromatic nitrogens is 1. The number of anilines is 1. The number of amides is 1. The predicted molar refractivity (Wildman–Crippen MR) is 133 cm³/mol. The molecule has 0 aliphatic carbocycles. The van der Waals surface area contributed by atoms with Gasteiger partial charge in [-0.25, -0.2) is 4.98 Å². The summed E-state index contributed by atoms with van der Waals surface area (Å²) in [5, 5.41) is 0.731. The predicted octanol–water partition coefficient (Wildman–Crippen LogP) is 4.93. The summed E-state index contributed by atoms with van der Waals surface area (Å²) >= 11 is 1.56. The highest BCUT2D eigenvalue weighted by atomic mass is 32.1. The van der Waals surface area contributed by atoms with Gasteiger partial charge in [0.2, 0.25) is 0 Å². The summed E-state index contributed by atoms with van der Waals surface area (Å²) in [5.41, 5.74) is 4.19. The van der Waals surface area contributed by atoms with E-state index in [9.17, 15) is 4.79 Å². The summed E-state index contributed by atoms with van der Waals surface area (Å²) in [6.45, 7) is 5.66. The van der Waals surface area contributed by atoms with Crippen LogP contribution in [0.15, 0.2) is 36.4 Å². The molecule has 0 bridgehead atoms. The zero-order valence-electron chi connectivity index (χ0n) is 19.6. The Morgan fingerprint density at radius 3 is 2.50 bits per heavy atom. The molecule has 1 heterocycles. The Morgan fingerprint density at radius 1 is 1.06 bits per heavy atom. The zero-order valence-corrected chi connectivity index (χ0v) is 20.5. The van der Waals surface area contributed by atoms with Crippen LogP contribution in [0.25, 0.3) is 16.3 Å². The number of methoxy groups -OCH3 is 2. The van der Waals surface area contributed by atoms with Crippen molar-refractivity contribution in [3.05, 3.63) is 53.1 Å². The summed E-state index contributed by atoms with van der Waals surface area (Å²) in [4.78, 5) is 22.0. The molecule has 32 heavy (non-hydrogen) atoms. The monoisotopic (exact) mass is 453 g/mol. The molecule has 1 amide bonds. The van der Waals surface area contributed by atoms with Gasteiger partial charge >= 0.3 is 0 Å². The molecule has 0 atom stereocenters. The van der Waals surface area contributed by atoms with Gasteiger partial charge in [-0.3, -0.25) is 9.69 Å². The van der Waals surface area contributed by atoms with E-state index in [0.717, 1.165) is 39.4 Å². The Morgan fingerprint density at radius 2 is 1.81 bits per heavy atom. The molecule has 0 unspecified atom stereocenters. The Hall–Kier alpha value is -2.90. The Labute approximate surface area is 194 Å². The van der Waals surface area contributed by atoms with E-state index in [2.05, 4.69) is 30.9 Å². The Kier molecular flexibility index (Phi) is 7.88. The van der Waals surface area contributed by atoms with E-state index in [0.29, 0.717) is 18.0 Å². The van der Waals surface area contributed by atoms with Crippen LogP contribution >= 0.6 is 11.3 Å². The number of thiazole rings is 1. The molecule has 3 rings (SSSR count). The normalized spacial score (nSPS) is 11.5. The second-order valence-electron chi connectivity index (χ2n) is 7.95. The number of carbonyl (C=O) groups is 1. The van der Waals surface area contributed by atoms with Crippen LogP contribution in [0.1, 0.15) is 23.1 Å². The van der Waals surface area contributed by atoms with Gasteiger partial charge in [0.25, 0.3) is 5.91 Å². The van der Waals surface area contributed by atoms with Crippen molar-refractivity contribution in [3.63, 3.8) is 0 Å². The Bertz CT molecular complexity index is 1120. The second-order valence-corrected chi connectivity index (χ2v) is 8.95. The number of fused-ring (bicyclic) bond motifs is 1. The summed E-state index contributed by atoms with van der Waals surface area (Å²) in [7, 11) is 7.27. The summed E-state index contributed by atoms with van der Waals surface area (Å²) in [6.07, 6.45) is 4.25. The highest BCUT2D eigenvalue weighted by molar-refractivity contribution is 7.22. The van der Waals surface area contributed by atoms with Crippen LogP contribution < -0.4 is 14.4 Å². The van der Waals surface area contributed by atoms with Crippen LogP contribution in [0.3, 0.4) is 0 Å². The van der Waals surface area contributed by atoms with Crippen molar-refractivity contribution in [2.45, 2.75) is 20.3 Å². The fourth-order valence-electron chi connectivity index (χ4n) is 3.39. The number of carbonyl (C=O) groups excluding carboxylic acids is 1. The van der Waals surface area contributed by atoms with Gasteiger partial charge in [0.1, 0.15) is 0 Å². The fraction of sp³-hybridized carbons (Fsp3) is 0.360. The first kappa shape index (κ1) is 23.8. The third-order valence-electron chi connectivity index (χ3n) is 5.38. The molecule has 0 aliphatic rings. The lowest BCUT2D eigenvalue weighted by molar-refractivity contribution is -0.114. The largest absolute Gasteiger partial charge is 0.493 e. The molecular formula is C25H31N3O3S. The molecule has 6 nitrogen and oxygen atoms in total. The lowest BCUT2D eigenvalue weighted by Crippen LogP contribution is -2.32. The van der Waals surface area contributed by atoms with Gasteiger partial charge < -0.3 is 14.4 Å². The van der Waals surface area contributed by atoms with Crippen LogP contribution in [0.5, 0.6) is 11.5 Å². The lowest BCUT2D eigenvalue weighted by atomic mass is 10.1. The number of benzene rings is 2. The van der Waals surface area contributed by atoms with Crippen molar-refractivity contribution >= 4 is 38.7 Å². The molecule has 0 saturated heterocycles. The van der Waals surface area contributed by atoms with Gasteiger partial charge in [-0.15, -0.1) is 0 Å². The molecule has 0 N–H and O–H groups in total. The van der Waals surface area contributed by atoms with Crippen molar-refractivity contribution in [1.82, 2.24) is 9.88 Å². The number of aryl methyl sites for hydroxylation is 2. The van der Waals surface area contributed by atoms with Gasteiger partial charge in [0.05, 0.1) is 24.4 Å². The van der Waals surface area contributed by atoms with Gasteiger partial charge in [0, 0.05) is 12.6 Å². The minimum atomic E-state index is -0.0908. The topological polar surface area (TPSA) is 54.9 Å². The second kappa shape index (κ2) is 10.6. The molecule has 0 saturated carbocycles. The van der Waals surface area contributed by atoms with Gasteiger partial charge in [-0.05, 0) is 81.9 Å². The molecule has 3 aromatic rings. The average molecular weight is 454 g/mol. The maximum absolute atomic E-state index is 13.2. The molecule has 0 fully saturated rings. The first-order valence-electron chi connectivity index (χ1n) is 10.6. The van der Waals surface area contributed by atoms with E-state index in [1.165, 1.54) is 5.56 Å². The van der Waals surface area contributed by atoms with Gasteiger partial charge in [-0.2, -0.15) is 0 Å². The molecule has 0 spiro atoms. The molecule has 170 valence electrons. The van der Waals surface area contributed by atoms with E-state index in [1.54, 1.807) is 42.6 Å². The molecule has 0 radical (unpaired) electrons. The van der Waals surface area contributed by atoms with Crippen molar-refractivity contribution < 1.29 is 14.3 Å². The minimum absolute atomic E-state index is 0.0908.